The maximum atomic E-state index is 11.9. The smallest absolute Gasteiger partial charge is 0.262 e. The average Bonchev–Trinajstić information content (AvgIpc) is 2.35. The molecule has 0 aliphatic carbocycles. The highest BCUT2D eigenvalue weighted by Gasteiger charge is 2.18. The van der Waals surface area contributed by atoms with Crippen molar-refractivity contribution < 1.29 is 9.53 Å². The van der Waals surface area contributed by atoms with Crippen molar-refractivity contribution in [2.24, 2.45) is 0 Å². The lowest BCUT2D eigenvalue weighted by atomic mass is 10.1. The van der Waals surface area contributed by atoms with Gasteiger partial charge in [0, 0.05) is 31.7 Å². The third-order valence-electron chi connectivity index (χ3n) is 2.87. The van der Waals surface area contributed by atoms with E-state index in [4.69, 9.17) is 4.74 Å². The molecular formula is C16H26N2O2. The van der Waals surface area contributed by atoms with Gasteiger partial charge in [0.2, 0.25) is 0 Å². The first-order valence-electron chi connectivity index (χ1n) is 6.91. The van der Waals surface area contributed by atoms with Gasteiger partial charge in [-0.25, -0.2) is 0 Å². The molecule has 0 aliphatic heterocycles. The molecule has 1 aromatic rings. The lowest BCUT2D eigenvalue weighted by molar-refractivity contribution is -0.135. The number of rotatable bonds is 5. The molecule has 0 saturated heterocycles. The molecule has 1 unspecified atom stereocenters. The zero-order chi connectivity index (χ0) is 15.3. The van der Waals surface area contributed by atoms with E-state index in [1.165, 1.54) is 0 Å². The van der Waals surface area contributed by atoms with Crippen LogP contribution in [0.1, 0.15) is 33.3 Å². The highest BCUT2D eigenvalue weighted by atomic mass is 16.5. The number of nitrogens with zero attached hydrogens (tertiary/aromatic N) is 1. The summed E-state index contributed by atoms with van der Waals surface area (Å²) < 4.78 is 5.80. The molecule has 0 bridgehead atoms. The van der Waals surface area contributed by atoms with Crippen LogP contribution in [0.4, 0.5) is 0 Å². The summed E-state index contributed by atoms with van der Waals surface area (Å²) in [5.41, 5.74) is 1.10. The first kappa shape index (κ1) is 16.5. The van der Waals surface area contributed by atoms with E-state index in [1.807, 2.05) is 24.3 Å². The van der Waals surface area contributed by atoms with Crippen molar-refractivity contribution in [2.45, 2.75) is 45.9 Å². The summed E-state index contributed by atoms with van der Waals surface area (Å²) in [6.45, 7) is 8.84. The lowest BCUT2D eigenvalue weighted by Crippen LogP contribution is -2.36. The SMILES string of the molecule is CC(Oc1ccccc1CNC(C)(C)C)C(=O)N(C)C. The molecule has 4 nitrogen and oxygen atoms in total. The van der Waals surface area contributed by atoms with Crippen LogP contribution in [0.2, 0.25) is 0 Å². The fourth-order valence-corrected chi connectivity index (χ4v) is 1.73. The van der Waals surface area contributed by atoms with Crippen LogP contribution in [0.3, 0.4) is 0 Å². The molecule has 1 N–H and O–H groups in total. The number of para-hydroxylation sites is 1. The molecule has 0 aliphatic rings. The number of carbonyl (C=O) groups excluding carboxylic acids is 1. The lowest BCUT2D eigenvalue weighted by Gasteiger charge is -2.23. The Morgan fingerprint density at radius 2 is 1.90 bits per heavy atom. The number of amides is 1. The van der Waals surface area contributed by atoms with Gasteiger partial charge in [-0.1, -0.05) is 18.2 Å². The van der Waals surface area contributed by atoms with E-state index in [-0.39, 0.29) is 11.4 Å². The van der Waals surface area contributed by atoms with Crippen molar-refractivity contribution in [3.63, 3.8) is 0 Å². The number of benzene rings is 1. The van der Waals surface area contributed by atoms with Crippen LogP contribution in [-0.2, 0) is 11.3 Å². The molecule has 112 valence electrons. The number of likely N-dealkylation sites (N-methyl/N-ethyl adjacent to an activating group) is 1. The van der Waals surface area contributed by atoms with Crippen molar-refractivity contribution in [2.75, 3.05) is 14.1 Å². The van der Waals surface area contributed by atoms with Gasteiger partial charge in [0.15, 0.2) is 6.10 Å². The highest BCUT2D eigenvalue weighted by Crippen LogP contribution is 2.20. The van der Waals surface area contributed by atoms with Crippen molar-refractivity contribution in [1.82, 2.24) is 10.2 Å². The molecular weight excluding hydrogens is 252 g/mol. The van der Waals surface area contributed by atoms with E-state index in [2.05, 4.69) is 26.1 Å². The Hall–Kier alpha value is -1.55. The fourth-order valence-electron chi connectivity index (χ4n) is 1.73. The van der Waals surface area contributed by atoms with Crippen LogP contribution in [0.15, 0.2) is 24.3 Å². The van der Waals surface area contributed by atoms with Gasteiger partial charge < -0.3 is 15.0 Å². The first-order valence-corrected chi connectivity index (χ1v) is 6.91. The Balaban J connectivity index is 2.78. The highest BCUT2D eigenvalue weighted by molar-refractivity contribution is 5.80. The molecule has 1 amide bonds. The van der Waals surface area contributed by atoms with Crippen LogP contribution in [0.25, 0.3) is 0 Å². The third kappa shape index (κ3) is 5.21. The summed E-state index contributed by atoms with van der Waals surface area (Å²) in [5.74, 6) is 0.718. The van der Waals surface area contributed by atoms with Crippen LogP contribution >= 0.6 is 0 Å². The quantitative estimate of drug-likeness (QED) is 0.899. The number of ether oxygens (including phenoxy) is 1. The van der Waals surface area contributed by atoms with Gasteiger partial charge in [-0.15, -0.1) is 0 Å². The maximum absolute atomic E-state index is 11.9. The van der Waals surface area contributed by atoms with Gasteiger partial charge in [0.25, 0.3) is 5.91 Å². The zero-order valence-corrected chi connectivity index (χ0v) is 13.4. The van der Waals surface area contributed by atoms with Gasteiger partial charge >= 0.3 is 0 Å². The van der Waals surface area contributed by atoms with Crippen LogP contribution in [-0.4, -0.2) is 36.5 Å². The van der Waals surface area contributed by atoms with Crippen molar-refractivity contribution >= 4 is 5.91 Å². The molecule has 1 atom stereocenters. The van der Waals surface area contributed by atoms with E-state index in [0.29, 0.717) is 6.54 Å². The Kier molecular flexibility index (Phi) is 5.57. The zero-order valence-electron chi connectivity index (χ0n) is 13.4. The largest absolute Gasteiger partial charge is 0.481 e. The van der Waals surface area contributed by atoms with E-state index in [9.17, 15) is 4.79 Å². The predicted molar refractivity (Wildman–Crippen MR) is 81.8 cm³/mol. The maximum Gasteiger partial charge on any atom is 0.262 e. The number of hydrogen-bond donors (Lipinski definition) is 1. The summed E-state index contributed by atoms with van der Waals surface area (Å²) in [6.07, 6.45) is -0.485. The molecule has 1 rings (SSSR count). The molecule has 0 radical (unpaired) electrons. The molecule has 0 saturated carbocycles. The minimum atomic E-state index is -0.485. The van der Waals surface area contributed by atoms with Crippen LogP contribution in [0.5, 0.6) is 5.75 Å². The third-order valence-corrected chi connectivity index (χ3v) is 2.87. The summed E-state index contributed by atoms with van der Waals surface area (Å²) in [7, 11) is 3.46. The van der Waals surface area contributed by atoms with E-state index in [1.54, 1.807) is 25.9 Å². The topological polar surface area (TPSA) is 41.6 Å². The Morgan fingerprint density at radius 1 is 1.30 bits per heavy atom. The van der Waals surface area contributed by atoms with E-state index >= 15 is 0 Å². The Bertz CT molecular complexity index is 450. The van der Waals surface area contributed by atoms with Gasteiger partial charge in [0.1, 0.15) is 5.75 Å². The summed E-state index contributed by atoms with van der Waals surface area (Å²) in [4.78, 5) is 13.4. The summed E-state index contributed by atoms with van der Waals surface area (Å²) in [5, 5.41) is 3.43. The van der Waals surface area contributed by atoms with Crippen molar-refractivity contribution in [3.05, 3.63) is 29.8 Å². The van der Waals surface area contributed by atoms with Crippen molar-refractivity contribution in [1.29, 1.82) is 0 Å². The predicted octanol–water partition coefficient (Wildman–Crippen LogP) is 2.43. The Labute approximate surface area is 122 Å². The summed E-state index contributed by atoms with van der Waals surface area (Å²) >= 11 is 0. The molecule has 0 aromatic heterocycles. The number of nitrogens with one attached hydrogen (secondary N) is 1. The van der Waals surface area contributed by atoms with Crippen molar-refractivity contribution in [3.8, 4) is 5.75 Å². The second-order valence-corrected chi connectivity index (χ2v) is 6.20. The second-order valence-electron chi connectivity index (χ2n) is 6.20. The number of hydrogen-bond acceptors (Lipinski definition) is 3. The minimum absolute atomic E-state index is 0.0383. The number of carbonyl (C=O) groups is 1. The van der Waals surface area contributed by atoms with Gasteiger partial charge in [-0.2, -0.15) is 0 Å². The van der Waals surface area contributed by atoms with Gasteiger partial charge in [-0.3, -0.25) is 4.79 Å². The molecule has 4 heteroatoms. The average molecular weight is 278 g/mol. The first-order chi connectivity index (χ1) is 9.20. The molecule has 1 aromatic carbocycles. The second kappa shape index (κ2) is 6.75. The standard InChI is InChI=1S/C16H26N2O2/c1-12(15(19)18(5)6)20-14-10-8-7-9-13(14)11-17-16(2,3)4/h7-10,12,17H,11H2,1-6H3. The molecule has 0 spiro atoms. The molecule has 20 heavy (non-hydrogen) atoms. The Morgan fingerprint density at radius 3 is 2.45 bits per heavy atom. The fraction of sp³-hybridized carbons (Fsp3) is 0.562. The summed E-state index contributed by atoms with van der Waals surface area (Å²) in [6, 6.07) is 7.81. The van der Waals surface area contributed by atoms with Crippen LogP contribution < -0.4 is 10.1 Å². The normalized spacial score (nSPS) is 12.9. The van der Waals surface area contributed by atoms with E-state index < -0.39 is 6.10 Å². The van der Waals surface area contributed by atoms with Gasteiger partial charge in [-0.05, 0) is 33.8 Å². The molecule has 0 heterocycles. The van der Waals surface area contributed by atoms with E-state index in [0.717, 1.165) is 11.3 Å². The van der Waals surface area contributed by atoms with Crippen LogP contribution in [0, 0.1) is 0 Å². The molecule has 0 fully saturated rings. The minimum Gasteiger partial charge on any atom is -0.481 e. The monoisotopic (exact) mass is 278 g/mol. The van der Waals surface area contributed by atoms with Gasteiger partial charge in [0.05, 0.1) is 0 Å².